The molecule has 2 aromatic heterocycles. The van der Waals surface area contributed by atoms with Crippen molar-refractivity contribution in [2.24, 2.45) is 13.0 Å². The van der Waals surface area contributed by atoms with Gasteiger partial charge >= 0.3 is 0 Å². The molecule has 2 aromatic rings. The summed E-state index contributed by atoms with van der Waals surface area (Å²) in [5, 5.41) is 11.5. The largest absolute Gasteiger partial charge is 0.363 e. The molecule has 23 heavy (non-hydrogen) atoms. The molecule has 7 heteroatoms. The van der Waals surface area contributed by atoms with E-state index >= 15 is 0 Å². The maximum Gasteiger partial charge on any atom is 0.228 e. The quantitative estimate of drug-likeness (QED) is 0.918. The lowest BCUT2D eigenvalue weighted by atomic mass is 9.97. The van der Waals surface area contributed by atoms with Crippen molar-refractivity contribution in [2.45, 2.75) is 32.7 Å². The van der Waals surface area contributed by atoms with Crippen molar-refractivity contribution in [3.8, 4) is 11.3 Å². The van der Waals surface area contributed by atoms with Gasteiger partial charge in [0.2, 0.25) is 5.91 Å². The fraction of sp³-hybridized carbons (Fsp3) is 0.500. The third-order valence-electron chi connectivity index (χ3n) is 4.77. The van der Waals surface area contributed by atoms with Crippen LogP contribution in [-0.2, 0) is 11.8 Å². The van der Waals surface area contributed by atoms with E-state index in [2.05, 4.69) is 32.4 Å². The Hall–Kier alpha value is -2.44. The number of aryl methyl sites for hydroxylation is 2. The second-order valence-electron chi connectivity index (χ2n) is 6.51. The van der Waals surface area contributed by atoms with Crippen LogP contribution in [0, 0.1) is 12.8 Å². The minimum absolute atomic E-state index is 0.0660. The SMILES string of the molecule is Cc1cc2c(c(NC(=O)C3CC3)n1)N(C)C(C)c1c-2nnn1C. The zero-order valence-corrected chi connectivity index (χ0v) is 13.8. The van der Waals surface area contributed by atoms with Crippen LogP contribution in [-0.4, -0.2) is 32.9 Å². The summed E-state index contributed by atoms with van der Waals surface area (Å²) in [6, 6.07) is 2.12. The van der Waals surface area contributed by atoms with Gasteiger partial charge in [0, 0.05) is 31.3 Å². The van der Waals surface area contributed by atoms with Gasteiger partial charge in [-0.1, -0.05) is 5.21 Å². The number of nitrogens with one attached hydrogen (secondary N) is 1. The van der Waals surface area contributed by atoms with Crippen molar-refractivity contribution in [1.82, 2.24) is 20.0 Å². The Morgan fingerprint density at radius 1 is 1.35 bits per heavy atom. The number of anilines is 2. The highest BCUT2D eigenvalue weighted by molar-refractivity contribution is 5.99. The summed E-state index contributed by atoms with van der Waals surface area (Å²) in [6.07, 6.45) is 1.95. The van der Waals surface area contributed by atoms with E-state index in [1.165, 1.54) is 0 Å². The first kappa shape index (κ1) is 14.2. The highest BCUT2D eigenvalue weighted by atomic mass is 16.2. The molecule has 1 unspecified atom stereocenters. The van der Waals surface area contributed by atoms with Crippen LogP contribution in [0.2, 0.25) is 0 Å². The van der Waals surface area contributed by atoms with Gasteiger partial charge in [0.15, 0.2) is 5.82 Å². The van der Waals surface area contributed by atoms with E-state index in [1.807, 2.05) is 31.8 Å². The highest BCUT2D eigenvalue weighted by Crippen LogP contribution is 2.46. The summed E-state index contributed by atoms with van der Waals surface area (Å²) in [4.78, 5) is 18.9. The minimum atomic E-state index is 0.0660. The van der Waals surface area contributed by atoms with Crippen molar-refractivity contribution < 1.29 is 4.79 Å². The number of carbonyl (C=O) groups is 1. The number of carbonyl (C=O) groups excluding carboxylic acids is 1. The zero-order valence-electron chi connectivity index (χ0n) is 13.8. The summed E-state index contributed by atoms with van der Waals surface area (Å²) < 4.78 is 1.82. The molecule has 2 aliphatic rings. The number of nitrogens with zero attached hydrogens (tertiary/aromatic N) is 5. The summed E-state index contributed by atoms with van der Waals surface area (Å²) in [6.45, 7) is 4.04. The number of hydrogen-bond donors (Lipinski definition) is 1. The minimum Gasteiger partial charge on any atom is -0.363 e. The Labute approximate surface area is 134 Å². The van der Waals surface area contributed by atoms with E-state index in [0.29, 0.717) is 5.82 Å². The van der Waals surface area contributed by atoms with Crippen LogP contribution < -0.4 is 10.2 Å². The molecule has 1 amide bonds. The van der Waals surface area contributed by atoms with E-state index in [4.69, 9.17) is 0 Å². The van der Waals surface area contributed by atoms with Gasteiger partial charge in [-0.2, -0.15) is 0 Å². The Morgan fingerprint density at radius 2 is 2.09 bits per heavy atom. The molecule has 1 aliphatic carbocycles. The summed E-state index contributed by atoms with van der Waals surface area (Å²) >= 11 is 0. The van der Waals surface area contributed by atoms with E-state index < -0.39 is 0 Å². The monoisotopic (exact) mass is 312 g/mol. The van der Waals surface area contributed by atoms with Gasteiger partial charge in [-0.3, -0.25) is 4.79 Å². The number of amides is 1. The average molecular weight is 312 g/mol. The van der Waals surface area contributed by atoms with E-state index in [0.717, 1.165) is 41.2 Å². The van der Waals surface area contributed by atoms with E-state index in [1.54, 1.807) is 0 Å². The number of pyridine rings is 1. The maximum absolute atomic E-state index is 12.2. The second kappa shape index (κ2) is 4.78. The molecule has 3 heterocycles. The zero-order chi connectivity index (χ0) is 16.3. The van der Waals surface area contributed by atoms with Crippen molar-refractivity contribution in [2.75, 3.05) is 17.3 Å². The van der Waals surface area contributed by atoms with Gasteiger partial charge in [0.1, 0.15) is 5.69 Å². The molecule has 1 saturated carbocycles. The molecule has 1 atom stereocenters. The number of aromatic nitrogens is 4. The Balaban J connectivity index is 1.88. The lowest BCUT2D eigenvalue weighted by molar-refractivity contribution is -0.117. The molecule has 0 radical (unpaired) electrons. The third-order valence-corrected chi connectivity index (χ3v) is 4.77. The van der Waals surface area contributed by atoms with Crippen molar-refractivity contribution in [3.63, 3.8) is 0 Å². The molecular weight excluding hydrogens is 292 g/mol. The predicted molar refractivity (Wildman–Crippen MR) is 87.1 cm³/mol. The number of fused-ring (bicyclic) bond motifs is 3. The third kappa shape index (κ3) is 2.10. The summed E-state index contributed by atoms with van der Waals surface area (Å²) in [7, 11) is 3.92. The van der Waals surface area contributed by atoms with Gasteiger partial charge in [0.25, 0.3) is 0 Å². The fourth-order valence-electron chi connectivity index (χ4n) is 3.26. The van der Waals surface area contributed by atoms with Crippen LogP contribution in [0.3, 0.4) is 0 Å². The summed E-state index contributed by atoms with van der Waals surface area (Å²) in [5.74, 6) is 0.838. The number of rotatable bonds is 2. The van der Waals surface area contributed by atoms with Gasteiger partial charge < -0.3 is 10.2 Å². The molecule has 120 valence electrons. The molecule has 7 nitrogen and oxygen atoms in total. The van der Waals surface area contributed by atoms with Crippen LogP contribution in [0.25, 0.3) is 11.3 Å². The first-order chi connectivity index (χ1) is 11.0. The topological polar surface area (TPSA) is 75.9 Å². The lowest BCUT2D eigenvalue weighted by Gasteiger charge is -2.34. The second-order valence-corrected chi connectivity index (χ2v) is 6.51. The van der Waals surface area contributed by atoms with Crippen LogP contribution in [0.5, 0.6) is 0 Å². The van der Waals surface area contributed by atoms with E-state index in [-0.39, 0.29) is 17.9 Å². The highest BCUT2D eigenvalue weighted by Gasteiger charge is 2.35. The Morgan fingerprint density at radius 3 is 2.78 bits per heavy atom. The van der Waals surface area contributed by atoms with Crippen molar-refractivity contribution in [3.05, 3.63) is 17.5 Å². The molecule has 0 bridgehead atoms. The van der Waals surface area contributed by atoms with Gasteiger partial charge in [-0.25, -0.2) is 9.67 Å². The van der Waals surface area contributed by atoms with Gasteiger partial charge in [-0.05, 0) is 32.8 Å². The smallest absolute Gasteiger partial charge is 0.228 e. The van der Waals surface area contributed by atoms with Crippen LogP contribution in [0.4, 0.5) is 11.5 Å². The van der Waals surface area contributed by atoms with Crippen LogP contribution in [0.1, 0.15) is 37.2 Å². The van der Waals surface area contributed by atoms with Crippen molar-refractivity contribution >= 4 is 17.4 Å². The summed E-state index contributed by atoms with van der Waals surface area (Å²) in [5.41, 5.74) is 4.71. The molecule has 1 N–H and O–H groups in total. The molecule has 0 saturated heterocycles. The van der Waals surface area contributed by atoms with Gasteiger partial charge in [-0.15, -0.1) is 5.10 Å². The predicted octanol–water partition coefficient (Wildman–Crippen LogP) is 2.04. The first-order valence-electron chi connectivity index (χ1n) is 7.92. The molecule has 4 rings (SSSR count). The Kier molecular flexibility index (Phi) is 2.94. The molecular formula is C16H20N6O. The molecule has 1 aliphatic heterocycles. The maximum atomic E-state index is 12.2. The van der Waals surface area contributed by atoms with Gasteiger partial charge in [0.05, 0.1) is 17.4 Å². The van der Waals surface area contributed by atoms with Crippen LogP contribution >= 0.6 is 0 Å². The average Bonchev–Trinajstić information content (AvgIpc) is 3.27. The molecule has 1 fully saturated rings. The fourth-order valence-corrected chi connectivity index (χ4v) is 3.26. The number of hydrogen-bond acceptors (Lipinski definition) is 5. The Bertz CT molecular complexity index is 807. The van der Waals surface area contributed by atoms with Crippen LogP contribution in [0.15, 0.2) is 6.07 Å². The van der Waals surface area contributed by atoms with E-state index in [9.17, 15) is 4.79 Å². The molecule has 0 spiro atoms. The standard InChI is InChI=1S/C16H20N6O/c1-8-7-11-12-13(22(4)20-19-12)9(2)21(3)14(11)15(17-8)18-16(23)10-5-6-10/h7,9-10H,5-6H2,1-4H3,(H,17,18,23). The molecule has 0 aromatic carbocycles. The first-order valence-corrected chi connectivity index (χ1v) is 7.92. The normalized spacial score (nSPS) is 19.3. The van der Waals surface area contributed by atoms with Crippen molar-refractivity contribution in [1.29, 1.82) is 0 Å². The lowest BCUT2D eigenvalue weighted by Crippen LogP contribution is -2.30.